The third kappa shape index (κ3) is 5.56. The first-order valence-electron chi connectivity index (χ1n) is 9.04. The summed E-state index contributed by atoms with van der Waals surface area (Å²) in [6, 6.07) is 19.5. The molecule has 2 aromatic carbocycles. The van der Waals surface area contributed by atoms with Crippen LogP contribution < -0.4 is 0 Å². The molecule has 0 bridgehead atoms. The predicted molar refractivity (Wildman–Crippen MR) is 105 cm³/mol. The Morgan fingerprint density at radius 1 is 0.923 bits per heavy atom. The van der Waals surface area contributed by atoms with Crippen LogP contribution in [0.1, 0.15) is 26.3 Å². The van der Waals surface area contributed by atoms with Gasteiger partial charge in [0, 0.05) is 4.90 Å². The van der Waals surface area contributed by atoms with Crippen LogP contribution in [0.3, 0.4) is 0 Å². The maximum absolute atomic E-state index is 10.5. The monoisotopic (exact) mass is 376 g/mol. The molecule has 1 aliphatic rings. The van der Waals surface area contributed by atoms with Crippen LogP contribution in [0.25, 0.3) is 0 Å². The number of thioether (sulfide) groups is 1. The number of aliphatic hydroxyl groups is 2. The Hall–Kier alpha value is -1.37. The summed E-state index contributed by atoms with van der Waals surface area (Å²) >= 11 is 1.41. The molecule has 0 radical (unpaired) electrons. The fourth-order valence-electron chi connectivity index (χ4n) is 2.73. The van der Waals surface area contributed by atoms with E-state index < -0.39 is 23.7 Å². The predicted octanol–water partition coefficient (Wildman–Crippen LogP) is 3.86. The van der Waals surface area contributed by atoms with E-state index in [0.29, 0.717) is 6.61 Å². The molecule has 0 saturated carbocycles. The van der Waals surface area contributed by atoms with Crippen LogP contribution in [0.4, 0.5) is 0 Å². The van der Waals surface area contributed by atoms with Gasteiger partial charge in [0.2, 0.25) is 0 Å². The van der Waals surface area contributed by atoms with Crippen LogP contribution in [0.2, 0.25) is 0 Å². The van der Waals surface area contributed by atoms with Gasteiger partial charge in [0.15, 0.2) is 0 Å². The molecule has 0 amide bonds. The molecule has 0 aliphatic carbocycles. The fraction of sp³-hybridized carbons (Fsp3) is 0.429. The molecule has 4 nitrogen and oxygen atoms in total. The van der Waals surface area contributed by atoms with Crippen molar-refractivity contribution in [3.63, 3.8) is 0 Å². The van der Waals surface area contributed by atoms with E-state index in [1.165, 1.54) is 11.8 Å². The van der Waals surface area contributed by atoms with Crippen LogP contribution in [0.15, 0.2) is 65.6 Å². The van der Waals surface area contributed by atoms with E-state index in [1.807, 2.05) is 81.4 Å². The number of rotatable bonds is 5. The zero-order chi connectivity index (χ0) is 18.9. The molecule has 5 atom stereocenters. The molecule has 1 fully saturated rings. The highest BCUT2D eigenvalue weighted by molar-refractivity contribution is 7.99. The van der Waals surface area contributed by atoms with Crippen LogP contribution in [0, 0.1) is 0 Å². The molecule has 0 spiro atoms. The molecule has 26 heavy (non-hydrogen) atoms. The number of hydrogen-bond donors (Lipinski definition) is 2. The second-order valence-electron chi connectivity index (χ2n) is 5.88. The summed E-state index contributed by atoms with van der Waals surface area (Å²) in [6.07, 6.45) is -2.87. The summed E-state index contributed by atoms with van der Waals surface area (Å²) < 4.78 is 11.7. The van der Waals surface area contributed by atoms with Gasteiger partial charge in [-0.15, -0.1) is 0 Å². The fourth-order valence-corrected chi connectivity index (χ4v) is 3.85. The van der Waals surface area contributed by atoms with Crippen molar-refractivity contribution in [3.8, 4) is 0 Å². The van der Waals surface area contributed by atoms with Gasteiger partial charge in [0.25, 0.3) is 0 Å². The van der Waals surface area contributed by atoms with Crippen molar-refractivity contribution in [2.24, 2.45) is 0 Å². The second kappa shape index (κ2) is 10.7. The average molecular weight is 377 g/mol. The Labute approximate surface area is 160 Å². The molecule has 2 N–H and O–H groups in total. The molecule has 0 unspecified atom stereocenters. The molecule has 2 aromatic rings. The zero-order valence-electron chi connectivity index (χ0n) is 15.5. The van der Waals surface area contributed by atoms with E-state index in [-0.39, 0.29) is 6.10 Å². The van der Waals surface area contributed by atoms with Crippen LogP contribution in [0.5, 0.6) is 0 Å². The highest BCUT2D eigenvalue weighted by Crippen LogP contribution is 2.34. The van der Waals surface area contributed by atoms with Gasteiger partial charge in [-0.2, -0.15) is 0 Å². The molecule has 0 aromatic heterocycles. The van der Waals surface area contributed by atoms with Gasteiger partial charge in [0.05, 0.1) is 12.7 Å². The van der Waals surface area contributed by atoms with Gasteiger partial charge in [0.1, 0.15) is 23.7 Å². The van der Waals surface area contributed by atoms with Gasteiger partial charge in [-0.25, -0.2) is 0 Å². The van der Waals surface area contributed by atoms with Crippen LogP contribution in [-0.4, -0.2) is 40.1 Å². The lowest BCUT2D eigenvalue weighted by atomic mass is 10.0. The molecule has 3 rings (SSSR count). The van der Waals surface area contributed by atoms with Gasteiger partial charge >= 0.3 is 0 Å². The highest BCUT2D eigenvalue weighted by Gasteiger charge is 2.43. The Kier molecular flexibility index (Phi) is 8.62. The maximum atomic E-state index is 10.5. The summed E-state index contributed by atoms with van der Waals surface area (Å²) in [5.74, 6) is 0. The summed E-state index contributed by atoms with van der Waals surface area (Å²) in [4.78, 5) is 0.990. The zero-order valence-corrected chi connectivity index (χ0v) is 16.3. The van der Waals surface area contributed by atoms with Crippen molar-refractivity contribution in [2.75, 3.05) is 0 Å². The number of hydrogen-bond acceptors (Lipinski definition) is 5. The maximum Gasteiger partial charge on any atom is 0.136 e. The lowest BCUT2D eigenvalue weighted by molar-refractivity contribution is -0.212. The second-order valence-corrected chi connectivity index (χ2v) is 7.05. The van der Waals surface area contributed by atoms with Crippen molar-refractivity contribution in [1.29, 1.82) is 0 Å². The third-order valence-electron chi connectivity index (χ3n) is 4.06. The standard InChI is InChI=1S/C19H22O4S.C2H6/c1-13-18(22-12-14-8-4-2-5-9-14)16(20)17(21)19(23-13)24-15-10-6-3-7-11-15;1-2/h2-11,13,16-21H,12H2,1H3;1-2H3/t13-,16-,17+,18-,19-;/m0./s1. The van der Waals surface area contributed by atoms with Crippen LogP contribution in [-0.2, 0) is 16.1 Å². The first-order chi connectivity index (χ1) is 12.6. The molecule has 1 heterocycles. The van der Waals surface area contributed by atoms with Crippen LogP contribution >= 0.6 is 11.8 Å². The Morgan fingerprint density at radius 2 is 1.50 bits per heavy atom. The van der Waals surface area contributed by atoms with E-state index in [9.17, 15) is 10.2 Å². The quantitative estimate of drug-likeness (QED) is 0.830. The summed E-state index contributed by atoms with van der Waals surface area (Å²) in [5.41, 5.74) is 0.501. The van der Waals surface area contributed by atoms with E-state index in [2.05, 4.69) is 0 Å². The Bertz CT molecular complexity index is 622. The summed E-state index contributed by atoms with van der Waals surface area (Å²) in [7, 11) is 0. The number of aliphatic hydroxyl groups excluding tert-OH is 2. The average Bonchev–Trinajstić information content (AvgIpc) is 2.69. The van der Waals surface area contributed by atoms with Crippen molar-refractivity contribution in [1.82, 2.24) is 0 Å². The van der Waals surface area contributed by atoms with E-state index >= 15 is 0 Å². The SMILES string of the molecule is CC.C[C@@H]1O[C@@H](Sc2ccccc2)[C@H](O)[C@H](O)[C@H]1OCc1ccccc1. The minimum Gasteiger partial charge on any atom is -0.387 e. The molecule has 5 heteroatoms. The van der Waals surface area contributed by atoms with E-state index in [0.717, 1.165) is 10.5 Å². The van der Waals surface area contributed by atoms with E-state index in [4.69, 9.17) is 9.47 Å². The minimum absolute atomic E-state index is 0.312. The number of ether oxygens (including phenoxy) is 2. The van der Waals surface area contributed by atoms with Gasteiger partial charge in [-0.3, -0.25) is 0 Å². The largest absolute Gasteiger partial charge is 0.387 e. The smallest absolute Gasteiger partial charge is 0.136 e. The molecule has 1 aliphatic heterocycles. The first kappa shape index (κ1) is 20.9. The molecule has 142 valence electrons. The summed E-state index contributed by atoms with van der Waals surface area (Å²) in [6.45, 7) is 6.24. The molecule has 1 saturated heterocycles. The van der Waals surface area contributed by atoms with Crippen molar-refractivity contribution < 1.29 is 19.7 Å². The normalized spacial score (nSPS) is 28.1. The Morgan fingerprint density at radius 3 is 2.12 bits per heavy atom. The van der Waals surface area contributed by atoms with Crippen molar-refractivity contribution in [3.05, 3.63) is 66.2 Å². The van der Waals surface area contributed by atoms with Crippen molar-refractivity contribution in [2.45, 2.75) is 62.1 Å². The Balaban J connectivity index is 0.00000117. The van der Waals surface area contributed by atoms with Gasteiger partial charge in [-0.05, 0) is 24.6 Å². The minimum atomic E-state index is -1.01. The highest BCUT2D eigenvalue weighted by atomic mass is 32.2. The lowest BCUT2D eigenvalue weighted by Crippen LogP contribution is -2.56. The van der Waals surface area contributed by atoms with Gasteiger partial charge < -0.3 is 19.7 Å². The number of benzene rings is 2. The molecular formula is C21H28O4S. The van der Waals surface area contributed by atoms with Gasteiger partial charge in [-0.1, -0.05) is 74.1 Å². The first-order valence-corrected chi connectivity index (χ1v) is 9.92. The van der Waals surface area contributed by atoms with E-state index in [1.54, 1.807) is 0 Å². The van der Waals surface area contributed by atoms with Crippen molar-refractivity contribution >= 4 is 11.8 Å². The topological polar surface area (TPSA) is 58.9 Å². The lowest BCUT2D eigenvalue weighted by Gasteiger charge is -2.41. The molecular weight excluding hydrogens is 348 g/mol. The summed E-state index contributed by atoms with van der Waals surface area (Å²) in [5, 5.41) is 20.9. The third-order valence-corrected chi connectivity index (χ3v) is 5.22.